The SMILES string of the molecule is COC(=O)C(C)OC(=O)c1ccc(OC)c(N)c1. The van der Waals surface area contributed by atoms with Crippen molar-refractivity contribution >= 4 is 17.6 Å². The van der Waals surface area contributed by atoms with Gasteiger partial charge in [0.2, 0.25) is 0 Å². The van der Waals surface area contributed by atoms with Crippen LogP contribution < -0.4 is 10.5 Å². The maximum atomic E-state index is 11.7. The van der Waals surface area contributed by atoms with Gasteiger partial charge in [-0.1, -0.05) is 0 Å². The molecule has 0 fully saturated rings. The van der Waals surface area contributed by atoms with Crippen molar-refractivity contribution < 1.29 is 23.8 Å². The molecular formula is C12H15NO5. The summed E-state index contributed by atoms with van der Waals surface area (Å²) in [5.41, 5.74) is 6.22. The predicted molar refractivity (Wildman–Crippen MR) is 64.3 cm³/mol. The van der Waals surface area contributed by atoms with Crippen LogP contribution >= 0.6 is 0 Å². The van der Waals surface area contributed by atoms with Crippen LogP contribution in [0.4, 0.5) is 5.69 Å². The average Bonchev–Trinajstić information content (AvgIpc) is 2.37. The highest BCUT2D eigenvalue weighted by Crippen LogP contribution is 2.22. The van der Waals surface area contributed by atoms with Gasteiger partial charge in [-0.3, -0.25) is 0 Å². The molecule has 1 rings (SSSR count). The molecule has 0 aliphatic rings. The molecular weight excluding hydrogens is 238 g/mol. The van der Waals surface area contributed by atoms with E-state index in [2.05, 4.69) is 4.74 Å². The second-order valence-electron chi connectivity index (χ2n) is 3.53. The third-order valence-electron chi connectivity index (χ3n) is 2.28. The summed E-state index contributed by atoms with van der Waals surface area (Å²) in [6, 6.07) is 4.47. The standard InChI is InChI=1S/C12H15NO5/c1-7(11(14)17-3)18-12(15)8-4-5-10(16-2)9(13)6-8/h4-7H,13H2,1-3H3. The molecule has 18 heavy (non-hydrogen) atoms. The van der Waals surface area contributed by atoms with Crippen molar-refractivity contribution in [3.63, 3.8) is 0 Å². The maximum absolute atomic E-state index is 11.7. The number of anilines is 1. The monoisotopic (exact) mass is 253 g/mol. The summed E-state index contributed by atoms with van der Waals surface area (Å²) in [4.78, 5) is 22.8. The third kappa shape index (κ3) is 3.13. The van der Waals surface area contributed by atoms with Gasteiger partial charge in [0.25, 0.3) is 0 Å². The molecule has 0 spiro atoms. The average molecular weight is 253 g/mol. The number of carbonyl (C=O) groups excluding carboxylic acids is 2. The van der Waals surface area contributed by atoms with E-state index < -0.39 is 18.0 Å². The van der Waals surface area contributed by atoms with Gasteiger partial charge in [-0.05, 0) is 25.1 Å². The Hall–Kier alpha value is -2.24. The zero-order valence-electron chi connectivity index (χ0n) is 10.4. The molecule has 6 nitrogen and oxygen atoms in total. The number of carbonyl (C=O) groups is 2. The quantitative estimate of drug-likeness (QED) is 0.636. The van der Waals surface area contributed by atoms with Crippen LogP contribution in [0.25, 0.3) is 0 Å². The Morgan fingerprint density at radius 3 is 2.44 bits per heavy atom. The Kier molecular flexibility index (Phi) is 4.53. The molecule has 0 radical (unpaired) electrons. The van der Waals surface area contributed by atoms with Crippen LogP contribution in [-0.4, -0.2) is 32.3 Å². The van der Waals surface area contributed by atoms with Crippen LogP contribution in [0, 0.1) is 0 Å². The number of hydrogen-bond acceptors (Lipinski definition) is 6. The second-order valence-corrected chi connectivity index (χ2v) is 3.53. The lowest BCUT2D eigenvalue weighted by molar-refractivity contribution is -0.149. The van der Waals surface area contributed by atoms with Crippen molar-refractivity contribution in [2.24, 2.45) is 0 Å². The topological polar surface area (TPSA) is 87.8 Å². The molecule has 0 bridgehead atoms. The molecule has 1 aromatic rings. The zero-order valence-corrected chi connectivity index (χ0v) is 10.4. The van der Waals surface area contributed by atoms with E-state index in [1.54, 1.807) is 6.07 Å². The van der Waals surface area contributed by atoms with E-state index in [4.69, 9.17) is 15.2 Å². The van der Waals surface area contributed by atoms with Gasteiger partial charge in [0, 0.05) is 0 Å². The lowest BCUT2D eigenvalue weighted by Crippen LogP contribution is -2.25. The number of methoxy groups -OCH3 is 2. The minimum Gasteiger partial charge on any atom is -0.495 e. The summed E-state index contributed by atoms with van der Waals surface area (Å²) in [5, 5.41) is 0. The highest BCUT2D eigenvalue weighted by atomic mass is 16.6. The Balaban J connectivity index is 2.79. The molecule has 2 N–H and O–H groups in total. The van der Waals surface area contributed by atoms with Crippen LogP contribution in [-0.2, 0) is 14.3 Å². The highest BCUT2D eigenvalue weighted by Gasteiger charge is 2.19. The zero-order chi connectivity index (χ0) is 13.7. The number of nitrogens with two attached hydrogens (primary N) is 1. The van der Waals surface area contributed by atoms with E-state index in [0.29, 0.717) is 11.4 Å². The minimum absolute atomic E-state index is 0.240. The molecule has 0 heterocycles. The van der Waals surface area contributed by atoms with Crippen LogP contribution in [0.5, 0.6) is 5.75 Å². The Morgan fingerprint density at radius 2 is 1.94 bits per heavy atom. The predicted octanol–water partition coefficient (Wildman–Crippen LogP) is 0.996. The highest BCUT2D eigenvalue weighted by molar-refractivity contribution is 5.92. The number of esters is 2. The van der Waals surface area contributed by atoms with E-state index in [0.717, 1.165) is 0 Å². The number of hydrogen-bond donors (Lipinski definition) is 1. The number of nitrogen functional groups attached to an aromatic ring is 1. The summed E-state index contributed by atoms with van der Waals surface area (Å²) in [6.07, 6.45) is -0.967. The van der Waals surface area contributed by atoms with Crippen molar-refractivity contribution in [3.05, 3.63) is 23.8 Å². The lowest BCUT2D eigenvalue weighted by Gasteiger charge is -2.11. The van der Waals surface area contributed by atoms with Crippen molar-refractivity contribution in [1.29, 1.82) is 0 Å². The van der Waals surface area contributed by atoms with Gasteiger partial charge in [-0.25, -0.2) is 9.59 Å². The largest absolute Gasteiger partial charge is 0.495 e. The van der Waals surface area contributed by atoms with Gasteiger partial charge in [-0.15, -0.1) is 0 Å². The smallest absolute Gasteiger partial charge is 0.346 e. The number of rotatable bonds is 4. The van der Waals surface area contributed by atoms with Gasteiger partial charge in [0.1, 0.15) is 5.75 Å². The summed E-state index contributed by atoms with van der Waals surface area (Å²) in [5.74, 6) is -0.806. The third-order valence-corrected chi connectivity index (χ3v) is 2.28. The van der Waals surface area contributed by atoms with Crippen molar-refractivity contribution in [2.45, 2.75) is 13.0 Å². The first kappa shape index (κ1) is 13.8. The Morgan fingerprint density at radius 1 is 1.28 bits per heavy atom. The lowest BCUT2D eigenvalue weighted by atomic mass is 10.2. The molecule has 0 saturated heterocycles. The van der Waals surface area contributed by atoms with Gasteiger partial charge < -0.3 is 19.9 Å². The molecule has 98 valence electrons. The molecule has 0 aromatic heterocycles. The van der Waals surface area contributed by atoms with Gasteiger partial charge >= 0.3 is 11.9 Å². The fraction of sp³-hybridized carbons (Fsp3) is 0.333. The van der Waals surface area contributed by atoms with E-state index in [1.807, 2.05) is 0 Å². The summed E-state index contributed by atoms with van der Waals surface area (Å²) >= 11 is 0. The first-order valence-electron chi connectivity index (χ1n) is 5.22. The number of ether oxygens (including phenoxy) is 3. The molecule has 0 saturated carbocycles. The Bertz CT molecular complexity index is 458. The van der Waals surface area contributed by atoms with Gasteiger partial charge in [-0.2, -0.15) is 0 Å². The molecule has 6 heteroatoms. The van der Waals surface area contributed by atoms with Crippen molar-refractivity contribution in [3.8, 4) is 5.75 Å². The van der Waals surface area contributed by atoms with Crippen LogP contribution in [0.3, 0.4) is 0 Å². The minimum atomic E-state index is -0.967. The van der Waals surface area contributed by atoms with Gasteiger partial charge in [0.15, 0.2) is 6.10 Å². The molecule has 0 aliphatic heterocycles. The fourth-order valence-electron chi connectivity index (χ4n) is 1.30. The van der Waals surface area contributed by atoms with Crippen LogP contribution in [0.15, 0.2) is 18.2 Å². The fourth-order valence-corrected chi connectivity index (χ4v) is 1.30. The Labute approximate surface area is 105 Å². The maximum Gasteiger partial charge on any atom is 0.346 e. The van der Waals surface area contributed by atoms with Gasteiger partial charge in [0.05, 0.1) is 25.5 Å². The molecule has 0 amide bonds. The van der Waals surface area contributed by atoms with Crippen LogP contribution in [0.2, 0.25) is 0 Å². The number of benzene rings is 1. The molecule has 0 aliphatic carbocycles. The van der Waals surface area contributed by atoms with E-state index >= 15 is 0 Å². The second kappa shape index (κ2) is 5.90. The van der Waals surface area contributed by atoms with Crippen molar-refractivity contribution in [2.75, 3.05) is 20.0 Å². The summed E-state index contributed by atoms with van der Waals surface area (Å²) in [7, 11) is 2.70. The van der Waals surface area contributed by atoms with E-state index in [9.17, 15) is 9.59 Å². The molecule has 1 aromatic carbocycles. The molecule has 1 atom stereocenters. The first-order valence-corrected chi connectivity index (χ1v) is 5.22. The normalized spacial score (nSPS) is 11.5. The summed E-state index contributed by atoms with van der Waals surface area (Å²) < 4.78 is 14.3. The van der Waals surface area contributed by atoms with Crippen LogP contribution in [0.1, 0.15) is 17.3 Å². The summed E-state index contributed by atoms with van der Waals surface area (Å²) in [6.45, 7) is 1.43. The first-order chi connectivity index (χ1) is 8.49. The van der Waals surface area contributed by atoms with E-state index in [1.165, 1.54) is 33.3 Å². The molecule has 1 unspecified atom stereocenters. The van der Waals surface area contributed by atoms with E-state index in [-0.39, 0.29) is 5.56 Å². The van der Waals surface area contributed by atoms with Crippen molar-refractivity contribution in [1.82, 2.24) is 0 Å².